The first-order valence-corrected chi connectivity index (χ1v) is 10.3. The predicted molar refractivity (Wildman–Crippen MR) is 103 cm³/mol. The van der Waals surface area contributed by atoms with E-state index in [2.05, 4.69) is 9.84 Å². The minimum absolute atomic E-state index is 0.0743. The Kier molecular flexibility index (Phi) is 5.87. The second-order valence-electron chi connectivity index (χ2n) is 7.69. The van der Waals surface area contributed by atoms with Crippen molar-refractivity contribution in [3.8, 4) is 5.69 Å². The van der Waals surface area contributed by atoms with Crippen molar-refractivity contribution in [1.29, 1.82) is 0 Å². The molecule has 6 nitrogen and oxygen atoms in total. The first kappa shape index (κ1) is 21.9. The van der Waals surface area contributed by atoms with E-state index >= 15 is 0 Å². The summed E-state index contributed by atoms with van der Waals surface area (Å²) < 4.78 is 57.8. The molecule has 0 saturated carbocycles. The lowest BCUT2D eigenvalue weighted by Crippen LogP contribution is -2.44. The number of aryl methyl sites for hydroxylation is 1. The number of aliphatic hydroxyl groups excluding tert-OH is 1. The van der Waals surface area contributed by atoms with Crippen LogP contribution in [0, 0.1) is 5.82 Å². The van der Waals surface area contributed by atoms with Gasteiger partial charge >= 0.3 is 12.3 Å². The first-order chi connectivity index (χ1) is 14.7. The summed E-state index contributed by atoms with van der Waals surface area (Å²) >= 11 is 6.59. The van der Waals surface area contributed by atoms with Gasteiger partial charge in [0.25, 0.3) is 0 Å². The Labute approximate surface area is 180 Å². The molecule has 1 fully saturated rings. The predicted octanol–water partition coefficient (Wildman–Crippen LogP) is 4.00. The van der Waals surface area contributed by atoms with Crippen LogP contribution < -0.4 is 0 Å². The van der Waals surface area contributed by atoms with E-state index < -0.39 is 25.0 Å². The summed E-state index contributed by atoms with van der Waals surface area (Å²) in [6, 6.07) is 4.52. The van der Waals surface area contributed by atoms with Crippen molar-refractivity contribution in [2.24, 2.45) is 0 Å². The number of piperidine rings is 1. The van der Waals surface area contributed by atoms with Gasteiger partial charge in [0.05, 0.1) is 28.7 Å². The van der Waals surface area contributed by atoms with E-state index in [0.717, 1.165) is 16.9 Å². The second kappa shape index (κ2) is 8.31. The van der Waals surface area contributed by atoms with E-state index in [1.807, 2.05) is 0 Å². The first-order valence-electron chi connectivity index (χ1n) is 9.88. The number of carbonyl (C=O) groups excluding carboxylic acids is 1. The van der Waals surface area contributed by atoms with Crippen molar-refractivity contribution < 1.29 is 32.2 Å². The fourth-order valence-electron chi connectivity index (χ4n) is 4.08. The van der Waals surface area contributed by atoms with E-state index in [1.165, 1.54) is 17.0 Å². The molecule has 0 spiro atoms. The molecule has 1 N–H and O–H groups in total. The maximum Gasteiger partial charge on any atom is 0.427 e. The number of fused-ring (bicyclic) bond motifs is 3. The van der Waals surface area contributed by atoms with E-state index in [4.69, 9.17) is 16.7 Å². The van der Waals surface area contributed by atoms with Crippen molar-refractivity contribution >= 4 is 17.7 Å². The highest BCUT2D eigenvalue weighted by Crippen LogP contribution is 2.38. The third kappa shape index (κ3) is 4.23. The summed E-state index contributed by atoms with van der Waals surface area (Å²) in [5, 5.41) is 14.0. The number of likely N-dealkylation sites (tertiary alicyclic amines) is 1. The summed E-state index contributed by atoms with van der Waals surface area (Å²) in [6.45, 7) is -0.966. The highest BCUT2D eigenvalue weighted by Gasteiger charge is 2.43. The average Bonchev–Trinajstić information content (AvgIpc) is 3.07. The van der Waals surface area contributed by atoms with Crippen LogP contribution in [0.1, 0.15) is 35.7 Å². The SMILES string of the molecule is O=C(OC(CO)C(F)(F)F)N1CCC(c2nn3c(c2Cl)CCc2cc(F)ccc2-3)CC1. The highest BCUT2D eigenvalue weighted by atomic mass is 35.5. The van der Waals surface area contributed by atoms with Crippen LogP contribution in [0.25, 0.3) is 5.69 Å². The Hall–Kier alpha value is -2.33. The van der Waals surface area contributed by atoms with Crippen LogP contribution in [0.3, 0.4) is 0 Å². The maximum atomic E-state index is 13.5. The van der Waals surface area contributed by atoms with Crippen LogP contribution in [0.15, 0.2) is 18.2 Å². The third-order valence-electron chi connectivity index (χ3n) is 5.76. The van der Waals surface area contributed by atoms with Gasteiger partial charge in [-0.2, -0.15) is 18.3 Å². The van der Waals surface area contributed by atoms with Gasteiger partial charge in [0.2, 0.25) is 6.10 Å². The Morgan fingerprint density at radius 3 is 2.65 bits per heavy atom. The van der Waals surface area contributed by atoms with Gasteiger partial charge in [-0.05, 0) is 49.4 Å². The van der Waals surface area contributed by atoms with Crippen molar-refractivity contribution in [3.63, 3.8) is 0 Å². The van der Waals surface area contributed by atoms with Gasteiger partial charge < -0.3 is 14.7 Å². The molecule has 1 aromatic carbocycles. The lowest BCUT2D eigenvalue weighted by Gasteiger charge is -2.32. The molecular formula is C20H20ClF4N3O3. The van der Waals surface area contributed by atoms with Gasteiger partial charge in [0.1, 0.15) is 5.82 Å². The number of benzene rings is 1. The Morgan fingerprint density at radius 2 is 2.00 bits per heavy atom. The molecule has 31 heavy (non-hydrogen) atoms. The molecule has 168 valence electrons. The summed E-state index contributed by atoms with van der Waals surface area (Å²) in [5.74, 6) is -0.385. The molecule has 0 bridgehead atoms. The zero-order valence-corrected chi connectivity index (χ0v) is 17.1. The smallest absolute Gasteiger partial charge is 0.427 e. The second-order valence-corrected chi connectivity index (χ2v) is 8.07. The van der Waals surface area contributed by atoms with Gasteiger partial charge in [-0.1, -0.05) is 11.6 Å². The Morgan fingerprint density at radius 1 is 1.29 bits per heavy atom. The summed E-state index contributed by atoms with van der Waals surface area (Å²) in [6.07, 6.45) is -6.31. The van der Waals surface area contributed by atoms with Crippen LogP contribution in [-0.4, -0.2) is 57.9 Å². The number of alkyl halides is 3. The van der Waals surface area contributed by atoms with Crippen LogP contribution in [0.2, 0.25) is 5.02 Å². The summed E-state index contributed by atoms with van der Waals surface area (Å²) in [5.41, 5.74) is 3.14. The van der Waals surface area contributed by atoms with Gasteiger partial charge in [-0.15, -0.1) is 0 Å². The zero-order valence-electron chi connectivity index (χ0n) is 16.3. The lowest BCUT2D eigenvalue weighted by atomic mass is 9.93. The largest absolute Gasteiger partial charge is 0.434 e. The normalized spacial score (nSPS) is 17.8. The molecule has 1 unspecified atom stereocenters. The molecule has 1 saturated heterocycles. The maximum absolute atomic E-state index is 13.5. The molecule has 3 heterocycles. The zero-order chi connectivity index (χ0) is 22.3. The van der Waals surface area contributed by atoms with Crippen LogP contribution in [0.4, 0.5) is 22.4 Å². The minimum atomic E-state index is -4.83. The summed E-state index contributed by atoms with van der Waals surface area (Å²) in [4.78, 5) is 13.3. The monoisotopic (exact) mass is 461 g/mol. The third-order valence-corrected chi connectivity index (χ3v) is 6.17. The molecule has 2 aromatic rings. The fraction of sp³-hybridized carbons (Fsp3) is 0.500. The van der Waals surface area contributed by atoms with Crippen molar-refractivity contribution in [1.82, 2.24) is 14.7 Å². The molecule has 11 heteroatoms. The molecule has 2 aliphatic heterocycles. The van der Waals surface area contributed by atoms with Gasteiger partial charge in [-0.25, -0.2) is 13.9 Å². The quantitative estimate of drug-likeness (QED) is 0.702. The number of carbonyl (C=O) groups is 1. The minimum Gasteiger partial charge on any atom is -0.434 e. The van der Waals surface area contributed by atoms with E-state index in [-0.39, 0.29) is 24.8 Å². The van der Waals surface area contributed by atoms with Crippen LogP contribution >= 0.6 is 11.6 Å². The van der Waals surface area contributed by atoms with Crippen LogP contribution in [0.5, 0.6) is 0 Å². The number of aromatic nitrogens is 2. The average molecular weight is 462 g/mol. The number of amides is 1. The van der Waals surface area contributed by atoms with Crippen molar-refractivity contribution in [2.75, 3.05) is 19.7 Å². The highest BCUT2D eigenvalue weighted by molar-refractivity contribution is 6.32. The van der Waals surface area contributed by atoms with Crippen molar-refractivity contribution in [3.05, 3.63) is 46.0 Å². The molecule has 0 aliphatic carbocycles. The summed E-state index contributed by atoms with van der Waals surface area (Å²) in [7, 11) is 0. The molecule has 0 radical (unpaired) electrons. The van der Waals surface area contributed by atoms with Gasteiger partial charge in [0, 0.05) is 19.0 Å². The number of rotatable bonds is 3. The lowest BCUT2D eigenvalue weighted by molar-refractivity contribution is -0.214. The number of aliphatic hydroxyl groups is 1. The van der Waals surface area contributed by atoms with E-state index in [0.29, 0.717) is 36.4 Å². The topological polar surface area (TPSA) is 67.6 Å². The van der Waals surface area contributed by atoms with E-state index in [1.54, 1.807) is 10.7 Å². The van der Waals surface area contributed by atoms with Gasteiger partial charge in [0.15, 0.2) is 0 Å². The standard InChI is InChI=1S/C20H20ClF4N3O3/c21-17-15-3-1-12-9-13(22)2-4-14(12)28(15)26-18(17)11-5-7-27(8-6-11)19(30)31-16(10-29)20(23,24)25/h2,4,9,11,16,29H,1,3,5-8,10H2. The Balaban J connectivity index is 1.46. The van der Waals surface area contributed by atoms with Crippen molar-refractivity contribution in [2.45, 2.75) is 43.9 Å². The Bertz CT molecular complexity index is 987. The molecule has 1 aromatic heterocycles. The number of halogens is 5. The molecule has 1 amide bonds. The van der Waals surface area contributed by atoms with Gasteiger partial charge in [-0.3, -0.25) is 0 Å². The molecule has 1 atom stereocenters. The fourth-order valence-corrected chi connectivity index (χ4v) is 4.45. The number of hydrogen-bond donors (Lipinski definition) is 1. The van der Waals surface area contributed by atoms with Crippen LogP contribution in [-0.2, 0) is 17.6 Å². The molecular weight excluding hydrogens is 442 g/mol. The number of hydrogen-bond acceptors (Lipinski definition) is 4. The number of ether oxygens (including phenoxy) is 1. The number of nitrogens with zero attached hydrogens (tertiary/aromatic N) is 3. The van der Waals surface area contributed by atoms with E-state index in [9.17, 15) is 22.4 Å². The molecule has 2 aliphatic rings. The molecule has 4 rings (SSSR count).